The Bertz CT molecular complexity index is 874. The molecular formula is C16H13F3N4S. The van der Waals surface area contributed by atoms with Crippen LogP contribution in [0.25, 0.3) is 22.0 Å². The van der Waals surface area contributed by atoms with Gasteiger partial charge in [0.15, 0.2) is 11.0 Å². The summed E-state index contributed by atoms with van der Waals surface area (Å²) in [6, 6.07) is 6.96. The molecule has 124 valence electrons. The van der Waals surface area contributed by atoms with Gasteiger partial charge in [0, 0.05) is 18.8 Å². The van der Waals surface area contributed by atoms with Gasteiger partial charge in [-0.1, -0.05) is 29.5 Å². The lowest BCUT2D eigenvalue weighted by atomic mass is 10.1. The van der Waals surface area contributed by atoms with E-state index in [1.807, 2.05) is 6.92 Å². The molecule has 0 atom stereocenters. The fraction of sp³-hybridized carbons (Fsp3) is 0.188. The van der Waals surface area contributed by atoms with Crippen molar-refractivity contribution in [1.29, 1.82) is 0 Å². The Hall–Kier alpha value is -2.48. The van der Waals surface area contributed by atoms with Crippen molar-refractivity contribution in [2.45, 2.75) is 13.1 Å². The SMILES string of the molecule is CNc1nc(C)c(-c2ccnc(-c3ccccc3C(F)(F)F)n2)s1. The molecule has 2 aromatic heterocycles. The molecular weight excluding hydrogens is 337 g/mol. The smallest absolute Gasteiger partial charge is 0.365 e. The molecule has 0 amide bonds. The summed E-state index contributed by atoms with van der Waals surface area (Å²) >= 11 is 1.39. The second kappa shape index (κ2) is 6.20. The molecule has 0 bridgehead atoms. The Morgan fingerprint density at radius 1 is 1.08 bits per heavy atom. The van der Waals surface area contributed by atoms with Crippen LogP contribution in [0.2, 0.25) is 0 Å². The van der Waals surface area contributed by atoms with Crippen molar-refractivity contribution in [3.8, 4) is 22.0 Å². The monoisotopic (exact) mass is 350 g/mol. The quantitative estimate of drug-likeness (QED) is 0.748. The number of anilines is 1. The molecule has 1 aromatic carbocycles. The van der Waals surface area contributed by atoms with Crippen LogP contribution in [0.1, 0.15) is 11.3 Å². The zero-order valence-corrected chi connectivity index (χ0v) is 13.7. The van der Waals surface area contributed by atoms with Gasteiger partial charge in [0.05, 0.1) is 21.8 Å². The minimum Gasteiger partial charge on any atom is -0.365 e. The van der Waals surface area contributed by atoms with Gasteiger partial charge in [-0.3, -0.25) is 0 Å². The van der Waals surface area contributed by atoms with Gasteiger partial charge in [-0.05, 0) is 19.1 Å². The summed E-state index contributed by atoms with van der Waals surface area (Å²) in [7, 11) is 1.76. The second-order valence-corrected chi connectivity index (χ2v) is 5.99. The highest BCUT2D eigenvalue weighted by Crippen LogP contribution is 2.37. The van der Waals surface area contributed by atoms with E-state index in [0.29, 0.717) is 5.69 Å². The molecule has 0 aliphatic heterocycles. The van der Waals surface area contributed by atoms with Crippen LogP contribution >= 0.6 is 11.3 Å². The van der Waals surface area contributed by atoms with Crippen molar-refractivity contribution in [3.05, 3.63) is 47.8 Å². The number of halogens is 3. The topological polar surface area (TPSA) is 50.7 Å². The third-order valence-corrected chi connectivity index (χ3v) is 4.57. The van der Waals surface area contributed by atoms with Crippen molar-refractivity contribution in [3.63, 3.8) is 0 Å². The number of hydrogen-bond donors (Lipinski definition) is 1. The van der Waals surface area contributed by atoms with Crippen LogP contribution in [-0.2, 0) is 6.18 Å². The molecule has 0 spiro atoms. The van der Waals surface area contributed by atoms with Crippen LogP contribution in [0.5, 0.6) is 0 Å². The van der Waals surface area contributed by atoms with Gasteiger partial charge in [-0.2, -0.15) is 13.2 Å². The van der Waals surface area contributed by atoms with Crippen molar-refractivity contribution < 1.29 is 13.2 Å². The van der Waals surface area contributed by atoms with Crippen LogP contribution in [-0.4, -0.2) is 22.0 Å². The molecule has 0 radical (unpaired) electrons. The highest BCUT2D eigenvalue weighted by Gasteiger charge is 2.34. The zero-order chi connectivity index (χ0) is 17.3. The average Bonchev–Trinajstić information content (AvgIpc) is 2.95. The molecule has 8 heteroatoms. The van der Waals surface area contributed by atoms with E-state index in [2.05, 4.69) is 20.3 Å². The van der Waals surface area contributed by atoms with Crippen LogP contribution < -0.4 is 5.32 Å². The minimum atomic E-state index is -4.46. The van der Waals surface area contributed by atoms with Gasteiger partial charge in [-0.25, -0.2) is 15.0 Å². The van der Waals surface area contributed by atoms with E-state index in [0.717, 1.165) is 21.8 Å². The Morgan fingerprint density at radius 3 is 2.50 bits per heavy atom. The minimum absolute atomic E-state index is 0.0390. The van der Waals surface area contributed by atoms with Gasteiger partial charge in [0.25, 0.3) is 0 Å². The first-order valence-corrected chi connectivity index (χ1v) is 7.87. The molecule has 0 saturated heterocycles. The molecule has 4 nitrogen and oxygen atoms in total. The normalized spacial score (nSPS) is 11.5. The maximum Gasteiger partial charge on any atom is 0.417 e. The molecule has 0 aliphatic rings. The molecule has 24 heavy (non-hydrogen) atoms. The number of thiazole rings is 1. The molecule has 1 N–H and O–H groups in total. The Labute approximate surface area is 140 Å². The number of benzene rings is 1. The first kappa shape index (κ1) is 16.4. The second-order valence-electron chi connectivity index (χ2n) is 4.99. The zero-order valence-electron chi connectivity index (χ0n) is 12.8. The lowest BCUT2D eigenvalue weighted by Gasteiger charge is -2.12. The van der Waals surface area contributed by atoms with E-state index in [1.165, 1.54) is 35.7 Å². The van der Waals surface area contributed by atoms with Crippen LogP contribution in [0.4, 0.5) is 18.3 Å². The third-order valence-electron chi connectivity index (χ3n) is 3.37. The Kier molecular flexibility index (Phi) is 4.23. The Balaban J connectivity index is 2.11. The van der Waals surface area contributed by atoms with E-state index in [4.69, 9.17) is 0 Å². The fourth-order valence-electron chi connectivity index (χ4n) is 2.28. The molecule has 3 rings (SSSR count). The first-order chi connectivity index (χ1) is 11.4. The van der Waals surface area contributed by atoms with Crippen LogP contribution in [0, 0.1) is 6.92 Å². The Morgan fingerprint density at radius 2 is 1.83 bits per heavy atom. The molecule has 0 saturated carbocycles. The van der Waals surface area contributed by atoms with Crippen molar-refractivity contribution in [1.82, 2.24) is 15.0 Å². The van der Waals surface area contributed by atoms with Gasteiger partial charge < -0.3 is 5.32 Å². The van der Waals surface area contributed by atoms with Crippen molar-refractivity contribution in [2.24, 2.45) is 0 Å². The van der Waals surface area contributed by atoms with E-state index in [-0.39, 0.29) is 11.4 Å². The summed E-state index contributed by atoms with van der Waals surface area (Å²) in [6.45, 7) is 1.83. The summed E-state index contributed by atoms with van der Waals surface area (Å²) in [5.41, 5.74) is 0.522. The molecule has 0 aliphatic carbocycles. The maximum atomic E-state index is 13.2. The predicted molar refractivity (Wildman–Crippen MR) is 87.9 cm³/mol. The molecule has 3 aromatic rings. The fourth-order valence-corrected chi connectivity index (χ4v) is 3.17. The van der Waals surface area contributed by atoms with Gasteiger partial charge in [0.1, 0.15) is 0 Å². The van der Waals surface area contributed by atoms with E-state index < -0.39 is 11.7 Å². The summed E-state index contributed by atoms with van der Waals surface area (Å²) in [6.07, 6.45) is -3.00. The van der Waals surface area contributed by atoms with Crippen LogP contribution in [0.3, 0.4) is 0 Å². The summed E-state index contributed by atoms with van der Waals surface area (Å²) < 4.78 is 39.6. The van der Waals surface area contributed by atoms with Gasteiger partial charge in [0.2, 0.25) is 0 Å². The van der Waals surface area contributed by atoms with E-state index >= 15 is 0 Å². The number of aromatic nitrogens is 3. The summed E-state index contributed by atoms with van der Waals surface area (Å²) in [5, 5.41) is 3.67. The maximum absolute atomic E-state index is 13.2. The van der Waals surface area contributed by atoms with Gasteiger partial charge in [-0.15, -0.1) is 0 Å². The summed E-state index contributed by atoms with van der Waals surface area (Å²) in [4.78, 5) is 13.5. The highest BCUT2D eigenvalue weighted by atomic mass is 32.1. The largest absolute Gasteiger partial charge is 0.417 e. The van der Waals surface area contributed by atoms with Crippen molar-refractivity contribution >= 4 is 16.5 Å². The average molecular weight is 350 g/mol. The van der Waals surface area contributed by atoms with E-state index in [1.54, 1.807) is 13.1 Å². The standard InChI is InChI=1S/C16H13F3N4S/c1-9-13(24-15(20-2)22-9)12-7-8-21-14(23-12)10-5-3-4-6-11(10)16(17,18)19/h3-8H,1-2H3,(H,20,22). The molecule has 2 heterocycles. The lowest BCUT2D eigenvalue weighted by molar-refractivity contribution is -0.137. The highest BCUT2D eigenvalue weighted by molar-refractivity contribution is 7.19. The van der Waals surface area contributed by atoms with Crippen molar-refractivity contribution in [2.75, 3.05) is 12.4 Å². The molecule has 0 fully saturated rings. The van der Waals surface area contributed by atoms with Crippen LogP contribution in [0.15, 0.2) is 36.5 Å². The van der Waals surface area contributed by atoms with E-state index in [9.17, 15) is 13.2 Å². The number of nitrogens with one attached hydrogen (secondary N) is 1. The third kappa shape index (κ3) is 3.09. The number of aryl methyl sites for hydroxylation is 1. The van der Waals surface area contributed by atoms with Gasteiger partial charge >= 0.3 is 6.18 Å². The molecule has 0 unspecified atom stereocenters. The number of nitrogens with zero attached hydrogens (tertiary/aromatic N) is 3. The summed E-state index contributed by atoms with van der Waals surface area (Å²) in [5.74, 6) is 0.0410. The number of alkyl halides is 3. The lowest BCUT2D eigenvalue weighted by Crippen LogP contribution is -2.08. The predicted octanol–water partition coefficient (Wildman–Crippen LogP) is 4.64. The number of rotatable bonds is 3. The first-order valence-electron chi connectivity index (χ1n) is 7.05. The number of hydrogen-bond acceptors (Lipinski definition) is 5.